The SMILES string of the molecule is O=C(CNc1cccc(-n2cnnn2)c1)Nc1ccc(F)cc1. The Morgan fingerprint density at radius 2 is 1.96 bits per heavy atom. The molecule has 0 unspecified atom stereocenters. The first kappa shape index (κ1) is 14.6. The zero-order valence-corrected chi connectivity index (χ0v) is 12.0. The van der Waals surface area contributed by atoms with Gasteiger partial charge in [-0.3, -0.25) is 4.79 Å². The van der Waals surface area contributed by atoms with Crippen molar-refractivity contribution in [2.75, 3.05) is 17.2 Å². The Morgan fingerprint density at radius 3 is 2.70 bits per heavy atom. The number of aromatic nitrogens is 4. The molecule has 0 saturated heterocycles. The number of amides is 1. The van der Waals surface area contributed by atoms with Gasteiger partial charge in [0, 0.05) is 11.4 Å². The van der Waals surface area contributed by atoms with Gasteiger partial charge in [0.1, 0.15) is 12.1 Å². The quantitative estimate of drug-likeness (QED) is 0.751. The van der Waals surface area contributed by atoms with E-state index in [0.717, 1.165) is 11.4 Å². The van der Waals surface area contributed by atoms with Gasteiger partial charge in [-0.05, 0) is 52.9 Å². The summed E-state index contributed by atoms with van der Waals surface area (Å²) >= 11 is 0. The molecule has 0 aliphatic carbocycles. The van der Waals surface area contributed by atoms with Gasteiger partial charge in [-0.2, -0.15) is 0 Å². The van der Waals surface area contributed by atoms with Crippen LogP contribution in [0.5, 0.6) is 0 Å². The fourth-order valence-electron chi connectivity index (χ4n) is 1.96. The lowest BCUT2D eigenvalue weighted by atomic mass is 10.2. The molecule has 0 radical (unpaired) electrons. The second-order valence-electron chi connectivity index (χ2n) is 4.71. The summed E-state index contributed by atoms with van der Waals surface area (Å²) in [4.78, 5) is 11.9. The normalized spacial score (nSPS) is 10.3. The van der Waals surface area contributed by atoms with Crippen molar-refractivity contribution in [1.29, 1.82) is 0 Å². The van der Waals surface area contributed by atoms with Crippen molar-refractivity contribution < 1.29 is 9.18 Å². The molecular formula is C15H13FN6O. The molecule has 8 heteroatoms. The molecule has 0 saturated carbocycles. The Hall–Kier alpha value is -3.29. The molecule has 3 aromatic rings. The molecule has 2 N–H and O–H groups in total. The highest BCUT2D eigenvalue weighted by molar-refractivity contribution is 5.93. The summed E-state index contributed by atoms with van der Waals surface area (Å²) in [5.74, 6) is -0.579. The number of hydrogen-bond donors (Lipinski definition) is 2. The molecule has 1 amide bonds. The molecule has 0 aliphatic rings. The first-order valence-corrected chi connectivity index (χ1v) is 6.83. The van der Waals surface area contributed by atoms with Crippen LogP contribution in [0.2, 0.25) is 0 Å². The number of nitrogens with zero attached hydrogens (tertiary/aromatic N) is 4. The van der Waals surface area contributed by atoms with Gasteiger partial charge in [-0.15, -0.1) is 5.10 Å². The molecule has 3 rings (SSSR count). The van der Waals surface area contributed by atoms with E-state index in [1.165, 1.54) is 35.3 Å². The molecule has 2 aromatic carbocycles. The van der Waals surface area contributed by atoms with Crippen LogP contribution in [0.15, 0.2) is 54.9 Å². The minimum Gasteiger partial charge on any atom is -0.376 e. The highest BCUT2D eigenvalue weighted by Crippen LogP contribution is 2.13. The third-order valence-electron chi connectivity index (χ3n) is 3.04. The highest BCUT2D eigenvalue weighted by Gasteiger charge is 2.04. The van der Waals surface area contributed by atoms with E-state index in [4.69, 9.17) is 0 Å². The molecule has 0 aliphatic heterocycles. The molecule has 0 bridgehead atoms. The average molecular weight is 312 g/mol. The van der Waals surface area contributed by atoms with Crippen molar-refractivity contribution in [2.24, 2.45) is 0 Å². The van der Waals surface area contributed by atoms with E-state index in [0.29, 0.717) is 5.69 Å². The third-order valence-corrected chi connectivity index (χ3v) is 3.04. The summed E-state index contributed by atoms with van der Waals surface area (Å²) in [5, 5.41) is 16.6. The van der Waals surface area contributed by atoms with Gasteiger partial charge in [0.15, 0.2) is 0 Å². The van der Waals surface area contributed by atoms with Crippen LogP contribution in [0, 0.1) is 5.82 Å². The first-order valence-electron chi connectivity index (χ1n) is 6.83. The Balaban J connectivity index is 1.58. The zero-order chi connectivity index (χ0) is 16.1. The number of carbonyl (C=O) groups is 1. The van der Waals surface area contributed by atoms with E-state index in [9.17, 15) is 9.18 Å². The van der Waals surface area contributed by atoms with Crippen LogP contribution in [-0.2, 0) is 4.79 Å². The van der Waals surface area contributed by atoms with E-state index in [2.05, 4.69) is 26.2 Å². The smallest absolute Gasteiger partial charge is 0.243 e. The number of hydrogen-bond acceptors (Lipinski definition) is 5. The van der Waals surface area contributed by atoms with Crippen molar-refractivity contribution in [1.82, 2.24) is 20.2 Å². The van der Waals surface area contributed by atoms with Crippen molar-refractivity contribution in [2.45, 2.75) is 0 Å². The molecule has 0 spiro atoms. The summed E-state index contributed by atoms with van der Waals surface area (Å²) in [7, 11) is 0. The number of tetrazole rings is 1. The van der Waals surface area contributed by atoms with E-state index in [-0.39, 0.29) is 18.3 Å². The van der Waals surface area contributed by atoms with E-state index in [1.54, 1.807) is 0 Å². The third kappa shape index (κ3) is 3.88. The van der Waals surface area contributed by atoms with Crippen molar-refractivity contribution >= 4 is 17.3 Å². The van der Waals surface area contributed by atoms with Crippen molar-refractivity contribution in [3.63, 3.8) is 0 Å². The molecule has 7 nitrogen and oxygen atoms in total. The number of nitrogens with one attached hydrogen (secondary N) is 2. The maximum atomic E-state index is 12.8. The standard InChI is InChI=1S/C15H13FN6O/c16-11-4-6-12(7-5-11)19-15(23)9-17-13-2-1-3-14(8-13)22-10-18-20-21-22/h1-8,10,17H,9H2,(H,19,23). The van der Waals surface area contributed by atoms with E-state index in [1.807, 2.05) is 24.3 Å². The van der Waals surface area contributed by atoms with Crippen LogP contribution in [0.25, 0.3) is 5.69 Å². The molecule has 23 heavy (non-hydrogen) atoms. The van der Waals surface area contributed by atoms with Gasteiger partial charge in [0.2, 0.25) is 5.91 Å². The lowest BCUT2D eigenvalue weighted by Gasteiger charge is -2.09. The van der Waals surface area contributed by atoms with Gasteiger partial charge in [-0.25, -0.2) is 9.07 Å². The maximum Gasteiger partial charge on any atom is 0.243 e. The molecule has 116 valence electrons. The fraction of sp³-hybridized carbons (Fsp3) is 0.0667. The Kier molecular flexibility index (Phi) is 4.23. The molecular weight excluding hydrogens is 299 g/mol. The topological polar surface area (TPSA) is 84.7 Å². The van der Waals surface area contributed by atoms with Crippen LogP contribution in [0.4, 0.5) is 15.8 Å². The van der Waals surface area contributed by atoms with Gasteiger partial charge in [0.25, 0.3) is 0 Å². The Morgan fingerprint density at radius 1 is 1.13 bits per heavy atom. The second kappa shape index (κ2) is 6.65. The van der Waals surface area contributed by atoms with Crippen molar-refractivity contribution in [3.05, 3.63) is 60.7 Å². The van der Waals surface area contributed by atoms with E-state index < -0.39 is 0 Å². The second-order valence-corrected chi connectivity index (χ2v) is 4.71. The van der Waals surface area contributed by atoms with Crippen LogP contribution in [-0.4, -0.2) is 32.7 Å². The summed E-state index contributed by atoms with van der Waals surface area (Å²) < 4.78 is 14.3. The zero-order valence-electron chi connectivity index (χ0n) is 12.0. The largest absolute Gasteiger partial charge is 0.376 e. The van der Waals surface area contributed by atoms with Gasteiger partial charge < -0.3 is 10.6 Å². The Bertz CT molecular complexity index is 788. The van der Waals surface area contributed by atoms with Gasteiger partial charge in [-0.1, -0.05) is 6.07 Å². The number of carbonyl (C=O) groups excluding carboxylic acids is 1. The minimum atomic E-state index is -0.347. The fourth-order valence-corrected chi connectivity index (χ4v) is 1.96. The predicted octanol–water partition coefficient (Wildman–Crippen LogP) is 1.85. The summed E-state index contributed by atoms with van der Waals surface area (Å²) in [6.07, 6.45) is 1.49. The monoisotopic (exact) mass is 312 g/mol. The van der Waals surface area contributed by atoms with Crippen LogP contribution >= 0.6 is 0 Å². The molecule has 0 atom stereocenters. The van der Waals surface area contributed by atoms with Crippen molar-refractivity contribution in [3.8, 4) is 5.69 Å². The number of anilines is 2. The van der Waals surface area contributed by atoms with Crippen LogP contribution in [0.3, 0.4) is 0 Å². The molecule has 0 fully saturated rings. The van der Waals surface area contributed by atoms with E-state index >= 15 is 0 Å². The number of benzene rings is 2. The van der Waals surface area contributed by atoms with Crippen LogP contribution < -0.4 is 10.6 Å². The average Bonchev–Trinajstić information content (AvgIpc) is 3.10. The lowest BCUT2D eigenvalue weighted by Crippen LogP contribution is -2.21. The number of rotatable bonds is 5. The molecule has 1 heterocycles. The molecule has 1 aromatic heterocycles. The Labute approximate surface area is 131 Å². The lowest BCUT2D eigenvalue weighted by molar-refractivity contribution is -0.114. The van der Waals surface area contributed by atoms with Crippen LogP contribution in [0.1, 0.15) is 0 Å². The summed E-state index contributed by atoms with van der Waals surface area (Å²) in [6, 6.07) is 12.9. The summed E-state index contributed by atoms with van der Waals surface area (Å²) in [5.41, 5.74) is 2.08. The first-order chi connectivity index (χ1) is 11.2. The van der Waals surface area contributed by atoms with Gasteiger partial charge in [0.05, 0.1) is 12.2 Å². The van der Waals surface area contributed by atoms with Gasteiger partial charge >= 0.3 is 0 Å². The maximum absolute atomic E-state index is 12.8. The predicted molar refractivity (Wildman–Crippen MR) is 82.7 cm³/mol. The highest BCUT2D eigenvalue weighted by atomic mass is 19.1. The number of halogens is 1. The summed E-state index contributed by atoms with van der Waals surface area (Å²) in [6.45, 7) is 0.0798. The minimum absolute atomic E-state index is 0.0798.